The van der Waals surface area contributed by atoms with E-state index < -0.39 is 22.7 Å². The molecule has 6 nitrogen and oxygen atoms in total. The predicted octanol–water partition coefficient (Wildman–Crippen LogP) is 2.15. The molecule has 2 heterocycles. The summed E-state index contributed by atoms with van der Waals surface area (Å²) in [5, 5.41) is 0. The van der Waals surface area contributed by atoms with Gasteiger partial charge in [-0.3, -0.25) is 9.59 Å². The van der Waals surface area contributed by atoms with Gasteiger partial charge in [0.05, 0.1) is 11.8 Å². The smallest absolute Gasteiger partial charge is 0.316 e. The Morgan fingerprint density at radius 1 is 0.769 bits per heavy atom. The van der Waals surface area contributed by atoms with Crippen molar-refractivity contribution in [2.75, 3.05) is 11.5 Å². The van der Waals surface area contributed by atoms with Gasteiger partial charge in [0.25, 0.3) is 0 Å². The molecule has 3 aliphatic rings. The average Bonchev–Trinajstić information content (AvgIpc) is 2.52. The summed E-state index contributed by atoms with van der Waals surface area (Å²) in [5.41, 5.74) is 12.9. The molecule has 0 amide bonds. The first-order valence-electron chi connectivity index (χ1n) is 8.51. The molecule has 4 N–H and O–H groups in total. The van der Waals surface area contributed by atoms with Crippen LogP contribution in [-0.2, 0) is 20.4 Å². The first kappa shape index (κ1) is 15.3. The third-order valence-corrected chi connectivity index (χ3v) is 6.46. The van der Waals surface area contributed by atoms with E-state index in [-0.39, 0.29) is 11.9 Å². The minimum Gasteiger partial charge on any atom is -0.426 e. The van der Waals surface area contributed by atoms with Crippen LogP contribution in [0.3, 0.4) is 0 Å². The summed E-state index contributed by atoms with van der Waals surface area (Å²) in [6.07, 6.45) is 0. The van der Waals surface area contributed by atoms with E-state index >= 15 is 0 Å². The molecule has 2 aromatic carbocycles. The van der Waals surface area contributed by atoms with Gasteiger partial charge in [0.15, 0.2) is 0 Å². The summed E-state index contributed by atoms with van der Waals surface area (Å²) >= 11 is 0. The lowest BCUT2D eigenvalue weighted by molar-refractivity contribution is -0.184. The number of nitrogens with two attached hydrogens (primary N) is 2. The number of carbonyl (C=O) groups is 2. The molecule has 0 saturated heterocycles. The molecule has 2 aromatic rings. The highest BCUT2D eigenvalue weighted by atomic mass is 16.5. The number of ether oxygens (including phenoxy) is 2. The van der Waals surface area contributed by atoms with Crippen molar-refractivity contribution in [1.82, 2.24) is 0 Å². The lowest BCUT2D eigenvalue weighted by Gasteiger charge is -2.66. The first-order chi connectivity index (χ1) is 12.3. The Morgan fingerprint density at radius 3 is 1.54 bits per heavy atom. The number of carbonyl (C=O) groups excluding carboxylic acids is 2. The summed E-state index contributed by atoms with van der Waals surface area (Å²) in [6, 6.07) is 10.5. The highest BCUT2D eigenvalue weighted by Crippen LogP contribution is 2.70. The van der Waals surface area contributed by atoms with Crippen molar-refractivity contribution in [1.29, 1.82) is 0 Å². The number of nitrogen functional groups attached to an aromatic ring is 2. The average molecular weight is 350 g/mol. The van der Waals surface area contributed by atoms with Crippen LogP contribution in [0.15, 0.2) is 36.4 Å². The third kappa shape index (κ3) is 1.49. The van der Waals surface area contributed by atoms with E-state index in [0.29, 0.717) is 22.9 Å². The normalized spacial score (nSPS) is 33.6. The zero-order valence-electron chi connectivity index (χ0n) is 14.4. The molecule has 0 unspecified atom stereocenters. The fourth-order valence-electron chi connectivity index (χ4n) is 5.56. The molecule has 6 heteroatoms. The topological polar surface area (TPSA) is 105 Å². The van der Waals surface area contributed by atoms with E-state index in [1.54, 1.807) is 24.3 Å². The van der Waals surface area contributed by atoms with Gasteiger partial charge in [0.2, 0.25) is 0 Å². The second kappa shape index (κ2) is 4.38. The van der Waals surface area contributed by atoms with E-state index in [2.05, 4.69) is 0 Å². The van der Waals surface area contributed by atoms with E-state index in [1.807, 2.05) is 26.0 Å². The van der Waals surface area contributed by atoms with E-state index in [4.69, 9.17) is 20.9 Å². The number of hydrogen-bond acceptors (Lipinski definition) is 6. The van der Waals surface area contributed by atoms with Gasteiger partial charge in [-0.2, -0.15) is 0 Å². The lowest BCUT2D eigenvalue weighted by atomic mass is 9.35. The van der Waals surface area contributed by atoms with Gasteiger partial charge < -0.3 is 20.9 Å². The largest absolute Gasteiger partial charge is 0.426 e. The van der Waals surface area contributed by atoms with E-state index in [0.717, 1.165) is 11.1 Å². The van der Waals surface area contributed by atoms with Crippen LogP contribution in [0.25, 0.3) is 0 Å². The summed E-state index contributed by atoms with van der Waals surface area (Å²) in [4.78, 5) is 25.9. The van der Waals surface area contributed by atoms with Crippen molar-refractivity contribution in [3.8, 4) is 11.5 Å². The Morgan fingerprint density at radius 2 is 1.15 bits per heavy atom. The number of fused-ring (bicyclic) bond motifs is 8. The fourth-order valence-corrected chi connectivity index (χ4v) is 5.56. The van der Waals surface area contributed by atoms with Crippen LogP contribution in [0.4, 0.5) is 11.4 Å². The van der Waals surface area contributed by atoms with Gasteiger partial charge in [-0.25, -0.2) is 0 Å². The van der Waals surface area contributed by atoms with Crippen molar-refractivity contribution in [2.45, 2.75) is 24.7 Å². The maximum Gasteiger partial charge on any atom is 0.316 e. The van der Waals surface area contributed by atoms with Crippen molar-refractivity contribution >= 4 is 23.3 Å². The maximum atomic E-state index is 12.9. The Hall–Kier alpha value is -3.02. The van der Waals surface area contributed by atoms with E-state index in [1.165, 1.54) is 0 Å². The molecule has 26 heavy (non-hydrogen) atoms. The summed E-state index contributed by atoms with van der Waals surface area (Å²) in [7, 11) is 0. The molecule has 5 rings (SSSR count). The van der Waals surface area contributed by atoms with Gasteiger partial charge in [0.1, 0.15) is 11.5 Å². The number of rotatable bonds is 0. The van der Waals surface area contributed by atoms with Crippen molar-refractivity contribution in [2.24, 2.45) is 11.8 Å². The predicted molar refractivity (Wildman–Crippen MR) is 94.7 cm³/mol. The van der Waals surface area contributed by atoms with Crippen LogP contribution in [-0.4, -0.2) is 11.9 Å². The zero-order valence-corrected chi connectivity index (χ0v) is 14.4. The van der Waals surface area contributed by atoms with Gasteiger partial charge in [-0.05, 0) is 12.1 Å². The molecule has 0 atom stereocenters. The maximum absolute atomic E-state index is 12.9. The lowest BCUT2D eigenvalue weighted by Crippen LogP contribution is -2.75. The monoisotopic (exact) mass is 350 g/mol. The molecule has 2 aliphatic heterocycles. The van der Waals surface area contributed by atoms with Crippen LogP contribution in [0.5, 0.6) is 11.5 Å². The van der Waals surface area contributed by atoms with Gasteiger partial charge >= 0.3 is 11.9 Å². The number of hydrogen-bond donors (Lipinski definition) is 2. The molecule has 1 aliphatic carbocycles. The minimum absolute atomic E-state index is 0.346. The molecular formula is C20H18N2O4. The first-order valence-corrected chi connectivity index (χ1v) is 8.51. The Balaban J connectivity index is 1.76. The molecule has 0 aromatic heterocycles. The second-order valence-corrected chi connectivity index (χ2v) is 7.78. The van der Waals surface area contributed by atoms with Crippen LogP contribution in [0, 0.1) is 11.8 Å². The SMILES string of the molecule is CC12c3ccc(N)cc3OC(=O)C1C1(C)c3ccc(N)cc3OC(=O)C21. The number of esters is 2. The van der Waals surface area contributed by atoms with E-state index in [9.17, 15) is 9.59 Å². The highest BCUT2D eigenvalue weighted by molar-refractivity contribution is 5.94. The fraction of sp³-hybridized carbons (Fsp3) is 0.300. The van der Waals surface area contributed by atoms with Crippen molar-refractivity contribution in [3.63, 3.8) is 0 Å². The zero-order chi connectivity index (χ0) is 18.4. The third-order valence-electron chi connectivity index (χ3n) is 6.46. The second-order valence-electron chi connectivity index (χ2n) is 7.78. The quantitative estimate of drug-likeness (QED) is 0.428. The summed E-state index contributed by atoms with van der Waals surface area (Å²) < 4.78 is 11.2. The highest BCUT2D eigenvalue weighted by Gasteiger charge is 2.77. The molecule has 0 radical (unpaired) electrons. The van der Waals surface area contributed by atoms with Crippen molar-refractivity contribution < 1.29 is 19.1 Å². The molecule has 1 fully saturated rings. The minimum atomic E-state index is -0.705. The van der Waals surface area contributed by atoms with Gasteiger partial charge in [-0.1, -0.05) is 26.0 Å². The van der Waals surface area contributed by atoms with Gasteiger partial charge in [0, 0.05) is 45.5 Å². The van der Waals surface area contributed by atoms with Gasteiger partial charge in [-0.15, -0.1) is 0 Å². The molecular weight excluding hydrogens is 332 g/mol. The molecule has 0 spiro atoms. The summed E-state index contributed by atoms with van der Waals surface area (Å²) in [6.45, 7) is 3.87. The van der Waals surface area contributed by atoms with Crippen LogP contribution < -0.4 is 20.9 Å². The Kier molecular flexibility index (Phi) is 2.57. The Bertz CT molecular complexity index is 923. The number of anilines is 2. The number of benzene rings is 2. The Labute approximate surface area is 150 Å². The van der Waals surface area contributed by atoms with Crippen molar-refractivity contribution in [3.05, 3.63) is 47.5 Å². The molecule has 132 valence electrons. The van der Waals surface area contributed by atoms with Crippen LogP contribution in [0.2, 0.25) is 0 Å². The molecule has 1 saturated carbocycles. The van der Waals surface area contributed by atoms with Crippen LogP contribution in [0.1, 0.15) is 25.0 Å². The standard InChI is InChI=1S/C20H18N2O4/c1-19-11-5-3-9(21)7-13(11)25-17(23)15(19)20(2)12-6-4-10(22)8-14(12)26-18(24)16(19)20/h3-8,15-16H,21-22H2,1-2H3. The molecule has 0 bridgehead atoms. The summed E-state index contributed by atoms with van der Waals surface area (Å²) in [5.74, 6) is -0.834. The van der Waals surface area contributed by atoms with Crippen LogP contribution >= 0.6 is 0 Å².